The van der Waals surface area contributed by atoms with Crippen LogP contribution in [0.1, 0.15) is 63.6 Å². The Balaban J connectivity index is 1.36. The summed E-state index contributed by atoms with van der Waals surface area (Å²) in [6.07, 6.45) is 3.48. The average molecular weight is 572 g/mol. The molecule has 2 fully saturated rings. The first-order valence-electron chi connectivity index (χ1n) is 15.5. The molecular formula is C37H47O5. The van der Waals surface area contributed by atoms with Crippen molar-refractivity contribution in [1.82, 2.24) is 0 Å². The first-order chi connectivity index (χ1) is 20.4. The van der Waals surface area contributed by atoms with Crippen molar-refractivity contribution in [2.24, 2.45) is 11.3 Å². The van der Waals surface area contributed by atoms with E-state index in [1.54, 1.807) is 0 Å². The van der Waals surface area contributed by atoms with Crippen LogP contribution in [0.5, 0.6) is 0 Å². The van der Waals surface area contributed by atoms with E-state index in [-0.39, 0.29) is 18.3 Å². The highest BCUT2D eigenvalue weighted by molar-refractivity contribution is 5.15. The Morgan fingerprint density at radius 1 is 0.643 bits per heavy atom. The maximum atomic E-state index is 6.72. The van der Waals surface area contributed by atoms with Gasteiger partial charge in [0.05, 0.1) is 32.0 Å². The summed E-state index contributed by atoms with van der Waals surface area (Å²) < 4.78 is 33.2. The van der Waals surface area contributed by atoms with Crippen molar-refractivity contribution in [3.05, 3.63) is 114 Å². The summed E-state index contributed by atoms with van der Waals surface area (Å²) in [5, 5.41) is 0. The van der Waals surface area contributed by atoms with Gasteiger partial charge < -0.3 is 23.7 Å². The van der Waals surface area contributed by atoms with Crippen LogP contribution in [-0.4, -0.2) is 36.8 Å². The quantitative estimate of drug-likeness (QED) is 0.234. The van der Waals surface area contributed by atoms with E-state index in [0.29, 0.717) is 31.2 Å². The minimum Gasteiger partial charge on any atom is -0.368 e. The van der Waals surface area contributed by atoms with Crippen molar-refractivity contribution < 1.29 is 23.7 Å². The monoisotopic (exact) mass is 571 g/mol. The Kier molecular flexibility index (Phi) is 10.9. The summed E-state index contributed by atoms with van der Waals surface area (Å²) in [6.45, 7) is 10.4. The van der Waals surface area contributed by atoms with Crippen LogP contribution in [0.3, 0.4) is 0 Å². The summed E-state index contributed by atoms with van der Waals surface area (Å²) in [5.74, 6) is 0.659. The van der Waals surface area contributed by atoms with Crippen LogP contribution < -0.4 is 0 Å². The highest BCUT2D eigenvalue weighted by Gasteiger charge is 2.48. The fourth-order valence-electron chi connectivity index (χ4n) is 5.98. The molecule has 1 saturated carbocycles. The minimum absolute atomic E-state index is 0.0141. The van der Waals surface area contributed by atoms with Crippen molar-refractivity contribution in [2.45, 2.75) is 104 Å². The summed E-state index contributed by atoms with van der Waals surface area (Å²) in [5.41, 5.74) is 3.59. The molecule has 0 N–H and O–H groups in total. The zero-order valence-corrected chi connectivity index (χ0v) is 25.6. The van der Waals surface area contributed by atoms with Crippen LogP contribution in [0, 0.1) is 17.8 Å². The van der Waals surface area contributed by atoms with Crippen molar-refractivity contribution >= 4 is 0 Å². The number of benzene rings is 3. The molecule has 225 valence electrons. The summed E-state index contributed by atoms with van der Waals surface area (Å²) in [7, 11) is 0. The number of hydrogen-bond donors (Lipinski definition) is 0. The first-order valence-corrected chi connectivity index (χ1v) is 15.5. The van der Waals surface area contributed by atoms with Gasteiger partial charge >= 0.3 is 0 Å². The van der Waals surface area contributed by atoms with Crippen LogP contribution >= 0.6 is 0 Å². The van der Waals surface area contributed by atoms with Crippen molar-refractivity contribution in [3.8, 4) is 0 Å². The van der Waals surface area contributed by atoms with Gasteiger partial charge in [-0.1, -0.05) is 112 Å². The Hall–Kier alpha value is -2.54. The molecule has 1 aliphatic heterocycles. The van der Waals surface area contributed by atoms with Gasteiger partial charge in [0.15, 0.2) is 6.29 Å². The van der Waals surface area contributed by atoms with Crippen LogP contribution in [0.4, 0.5) is 0 Å². The van der Waals surface area contributed by atoms with E-state index in [0.717, 1.165) is 36.0 Å². The molecular weight excluding hydrogens is 524 g/mol. The second kappa shape index (κ2) is 14.8. The van der Waals surface area contributed by atoms with Crippen LogP contribution in [0.15, 0.2) is 91.0 Å². The standard InChI is InChI=1S/C37H47O5/c1-27-33(38-24-28-14-8-5-9-15-28)34(39-25-29-16-10-6-11-17-29)35(40-26-30-18-12-7-13-19-30)36(41-27)42-32-22-20-31(21-23-32)37(2,3)4/h5-19,22,27,31-36H,20-21,23-26H2,1-4H3/t27-,31-,32-,33+,34+,35-,36+/m1/s1. The Morgan fingerprint density at radius 2 is 1.12 bits per heavy atom. The first kappa shape index (κ1) is 30.9. The summed E-state index contributed by atoms with van der Waals surface area (Å²) >= 11 is 0. The Labute approximate surface area is 252 Å². The van der Waals surface area contributed by atoms with E-state index in [2.05, 4.69) is 70.5 Å². The van der Waals surface area contributed by atoms with Crippen LogP contribution in [0.25, 0.3) is 0 Å². The van der Waals surface area contributed by atoms with E-state index >= 15 is 0 Å². The van der Waals surface area contributed by atoms with Gasteiger partial charge in [0, 0.05) is 0 Å². The van der Waals surface area contributed by atoms with Gasteiger partial charge in [-0.05, 0) is 60.6 Å². The molecule has 1 heterocycles. The van der Waals surface area contributed by atoms with E-state index < -0.39 is 18.5 Å². The second-order valence-corrected chi connectivity index (χ2v) is 12.8. The molecule has 2 aliphatic rings. The Morgan fingerprint density at radius 3 is 1.57 bits per heavy atom. The fraction of sp³-hybridized carbons (Fsp3) is 0.486. The third-order valence-corrected chi connectivity index (χ3v) is 8.60. The van der Waals surface area contributed by atoms with Crippen LogP contribution in [-0.2, 0) is 43.5 Å². The number of ether oxygens (including phenoxy) is 5. The molecule has 42 heavy (non-hydrogen) atoms. The van der Waals surface area contributed by atoms with E-state index in [4.69, 9.17) is 23.7 Å². The maximum absolute atomic E-state index is 6.72. The van der Waals surface area contributed by atoms with Gasteiger partial charge in [0.1, 0.15) is 18.3 Å². The number of hydrogen-bond acceptors (Lipinski definition) is 5. The molecule has 7 atom stereocenters. The molecule has 0 aromatic heterocycles. The topological polar surface area (TPSA) is 46.2 Å². The van der Waals surface area contributed by atoms with E-state index in [1.807, 2.05) is 54.6 Å². The van der Waals surface area contributed by atoms with Gasteiger partial charge in [0.25, 0.3) is 0 Å². The average Bonchev–Trinajstić information content (AvgIpc) is 3.00. The molecule has 5 rings (SSSR count). The molecule has 5 heteroatoms. The third-order valence-electron chi connectivity index (χ3n) is 8.60. The van der Waals surface area contributed by atoms with E-state index in [9.17, 15) is 0 Å². The predicted octanol–water partition coefficient (Wildman–Crippen LogP) is 7.92. The fourth-order valence-corrected chi connectivity index (χ4v) is 5.98. The molecule has 1 saturated heterocycles. The number of rotatable bonds is 11. The normalized spacial score (nSPS) is 28.4. The largest absolute Gasteiger partial charge is 0.368 e. The molecule has 3 aromatic carbocycles. The van der Waals surface area contributed by atoms with Gasteiger partial charge in [-0.2, -0.15) is 0 Å². The maximum Gasteiger partial charge on any atom is 0.187 e. The van der Waals surface area contributed by atoms with E-state index in [1.165, 1.54) is 0 Å². The zero-order chi connectivity index (χ0) is 29.4. The molecule has 0 unspecified atom stereocenters. The van der Waals surface area contributed by atoms with Crippen molar-refractivity contribution in [1.29, 1.82) is 0 Å². The summed E-state index contributed by atoms with van der Waals surface area (Å²) in [4.78, 5) is 0. The Bertz CT molecular complexity index is 1170. The lowest BCUT2D eigenvalue weighted by Gasteiger charge is -2.46. The zero-order valence-electron chi connectivity index (χ0n) is 25.6. The van der Waals surface area contributed by atoms with Gasteiger partial charge in [0.2, 0.25) is 0 Å². The van der Waals surface area contributed by atoms with Crippen molar-refractivity contribution in [3.63, 3.8) is 0 Å². The highest BCUT2D eigenvalue weighted by atomic mass is 16.7. The molecule has 0 bridgehead atoms. The smallest absolute Gasteiger partial charge is 0.187 e. The lowest BCUT2D eigenvalue weighted by molar-refractivity contribution is -0.327. The molecule has 1 aliphatic carbocycles. The molecule has 0 amide bonds. The van der Waals surface area contributed by atoms with Crippen LogP contribution in [0.2, 0.25) is 0 Å². The molecule has 1 radical (unpaired) electrons. The van der Waals surface area contributed by atoms with Crippen molar-refractivity contribution in [2.75, 3.05) is 0 Å². The molecule has 3 aromatic rings. The van der Waals surface area contributed by atoms with Gasteiger partial charge in [-0.3, -0.25) is 0 Å². The SMILES string of the molecule is C[C@H]1O[C@@H](O[C@@H]2[CH]C[C@@H](C(C)(C)C)CC2)[C@H](OCc2ccccc2)[C@@H](OCc2ccccc2)[C@H]1OCc1ccccc1. The molecule has 5 nitrogen and oxygen atoms in total. The lowest BCUT2D eigenvalue weighted by Crippen LogP contribution is -2.60. The third kappa shape index (κ3) is 8.52. The summed E-state index contributed by atoms with van der Waals surface area (Å²) in [6, 6.07) is 30.7. The highest BCUT2D eigenvalue weighted by Crippen LogP contribution is 2.39. The van der Waals surface area contributed by atoms with Gasteiger partial charge in [-0.15, -0.1) is 0 Å². The molecule has 0 spiro atoms. The predicted molar refractivity (Wildman–Crippen MR) is 165 cm³/mol. The lowest BCUT2D eigenvalue weighted by atomic mass is 9.72. The minimum atomic E-state index is -0.575. The van der Waals surface area contributed by atoms with Gasteiger partial charge in [-0.25, -0.2) is 0 Å². The second-order valence-electron chi connectivity index (χ2n) is 12.8.